The van der Waals surface area contributed by atoms with Crippen molar-refractivity contribution in [1.29, 1.82) is 0 Å². The molecule has 0 saturated carbocycles. The molecule has 106 valence electrons. The topological polar surface area (TPSA) is 46.2 Å². The van der Waals surface area contributed by atoms with Crippen molar-refractivity contribution < 1.29 is 9.59 Å². The van der Waals surface area contributed by atoms with Crippen molar-refractivity contribution in [2.75, 3.05) is 5.32 Å². The number of nitrogens with one attached hydrogen (secondary N) is 1. The van der Waals surface area contributed by atoms with Gasteiger partial charge in [0.2, 0.25) is 5.91 Å². The minimum absolute atomic E-state index is 0.128. The summed E-state index contributed by atoms with van der Waals surface area (Å²) < 4.78 is 0. The number of carbonyl (C=O) groups excluding carboxylic acids is 2. The first-order valence-electron chi connectivity index (χ1n) is 6.40. The molecule has 4 heteroatoms. The average Bonchev–Trinajstić information content (AvgIpc) is 2.46. The second kappa shape index (κ2) is 6.86. The number of halogens is 1. The fraction of sp³-hybridized carbons (Fsp3) is 0.0588. The molecule has 2 aromatic rings. The van der Waals surface area contributed by atoms with Gasteiger partial charge in [-0.15, -0.1) is 0 Å². The van der Waals surface area contributed by atoms with E-state index < -0.39 is 0 Å². The molecule has 3 nitrogen and oxygen atoms in total. The summed E-state index contributed by atoms with van der Waals surface area (Å²) in [6, 6.07) is 14.0. The van der Waals surface area contributed by atoms with E-state index in [1.807, 2.05) is 12.1 Å². The van der Waals surface area contributed by atoms with Gasteiger partial charge in [0.15, 0.2) is 5.78 Å². The van der Waals surface area contributed by atoms with Crippen LogP contribution in [0.4, 0.5) is 5.69 Å². The van der Waals surface area contributed by atoms with Crippen molar-refractivity contribution in [3.63, 3.8) is 0 Å². The van der Waals surface area contributed by atoms with Gasteiger partial charge >= 0.3 is 0 Å². The smallest absolute Gasteiger partial charge is 0.221 e. The normalized spacial score (nSPS) is 10.6. The molecule has 0 aliphatic carbocycles. The van der Waals surface area contributed by atoms with Crippen LogP contribution in [-0.4, -0.2) is 11.7 Å². The first kappa shape index (κ1) is 15.0. The minimum atomic E-state index is -0.170. The van der Waals surface area contributed by atoms with Gasteiger partial charge in [-0.3, -0.25) is 9.59 Å². The van der Waals surface area contributed by atoms with Gasteiger partial charge in [-0.05, 0) is 35.9 Å². The first-order valence-corrected chi connectivity index (χ1v) is 6.78. The number of hydrogen-bond donors (Lipinski definition) is 1. The van der Waals surface area contributed by atoms with Crippen molar-refractivity contribution in [2.24, 2.45) is 0 Å². The Morgan fingerprint density at radius 3 is 2.48 bits per heavy atom. The third kappa shape index (κ3) is 4.58. The number of anilines is 1. The minimum Gasteiger partial charge on any atom is -0.326 e. The van der Waals surface area contributed by atoms with Crippen LogP contribution in [0.25, 0.3) is 6.08 Å². The Hall–Kier alpha value is -2.39. The predicted molar refractivity (Wildman–Crippen MR) is 85.6 cm³/mol. The first-order chi connectivity index (χ1) is 10.0. The molecular formula is C17H14ClNO2. The van der Waals surface area contributed by atoms with Gasteiger partial charge in [-0.25, -0.2) is 0 Å². The zero-order chi connectivity index (χ0) is 15.2. The highest BCUT2D eigenvalue weighted by Crippen LogP contribution is 2.14. The number of amides is 1. The van der Waals surface area contributed by atoms with E-state index in [0.29, 0.717) is 16.3 Å². The van der Waals surface area contributed by atoms with E-state index in [9.17, 15) is 9.59 Å². The van der Waals surface area contributed by atoms with Crippen LogP contribution >= 0.6 is 11.6 Å². The summed E-state index contributed by atoms with van der Waals surface area (Å²) in [6.45, 7) is 1.43. The molecule has 0 fully saturated rings. The van der Waals surface area contributed by atoms with Crippen molar-refractivity contribution in [1.82, 2.24) is 0 Å². The van der Waals surface area contributed by atoms with Gasteiger partial charge in [0.1, 0.15) is 0 Å². The summed E-state index contributed by atoms with van der Waals surface area (Å²) >= 11 is 5.80. The summed E-state index contributed by atoms with van der Waals surface area (Å²) in [5.41, 5.74) is 2.02. The maximum atomic E-state index is 12.1. The monoisotopic (exact) mass is 299 g/mol. The van der Waals surface area contributed by atoms with Gasteiger partial charge in [0, 0.05) is 23.2 Å². The maximum absolute atomic E-state index is 12.1. The van der Waals surface area contributed by atoms with Gasteiger partial charge < -0.3 is 5.32 Å². The highest BCUT2D eigenvalue weighted by atomic mass is 35.5. The Morgan fingerprint density at radius 2 is 1.81 bits per heavy atom. The maximum Gasteiger partial charge on any atom is 0.221 e. The van der Waals surface area contributed by atoms with Crippen LogP contribution in [0.15, 0.2) is 54.6 Å². The van der Waals surface area contributed by atoms with Crippen molar-refractivity contribution >= 4 is 35.1 Å². The lowest BCUT2D eigenvalue weighted by Crippen LogP contribution is -2.06. The molecule has 21 heavy (non-hydrogen) atoms. The largest absolute Gasteiger partial charge is 0.326 e. The Kier molecular flexibility index (Phi) is 4.90. The highest BCUT2D eigenvalue weighted by molar-refractivity contribution is 6.30. The fourth-order valence-corrected chi connectivity index (χ4v) is 1.92. The Bertz CT molecular complexity index is 690. The van der Waals surface area contributed by atoms with E-state index in [2.05, 4.69) is 5.32 Å². The summed E-state index contributed by atoms with van der Waals surface area (Å²) in [5.74, 6) is -0.298. The molecule has 0 spiro atoms. The lowest BCUT2D eigenvalue weighted by atomic mass is 10.1. The molecule has 0 heterocycles. The van der Waals surface area contributed by atoms with Crippen molar-refractivity contribution in [3.05, 3.63) is 70.8 Å². The van der Waals surface area contributed by atoms with Crippen molar-refractivity contribution in [3.8, 4) is 0 Å². The lowest BCUT2D eigenvalue weighted by Gasteiger charge is -2.03. The Balaban J connectivity index is 2.12. The van der Waals surface area contributed by atoms with E-state index in [1.165, 1.54) is 13.0 Å². The number of benzene rings is 2. The van der Waals surface area contributed by atoms with E-state index in [1.54, 1.807) is 42.5 Å². The van der Waals surface area contributed by atoms with Gasteiger partial charge in [-0.2, -0.15) is 0 Å². The molecule has 0 unspecified atom stereocenters. The molecule has 0 bridgehead atoms. The molecule has 1 amide bonds. The number of rotatable bonds is 4. The molecule has 2 rings (SSSR count). The van der Waals surface area contributed by atoms with E-state index >= 15 is 0 Å². The van der Waals surface area contributed by atoms with Crippen LogP contribution in [0.5, 0.6) is 0 Å². The SMILES string of the molecule is CC(=O)Nc1cccc(C(=O)/C=C/c2ccc(Cl)cc2)c1. The quantitative estimate of drug-likeness (QED) is 0.679. The second-order valence-corrected chi connectivity index (χ2v) is 4.95. The number of carbonyl (C=O) groups is 2. The number of allylic oxidation sites excluding steroid dienone is 1. The predicted octanol–water partition coefficient (Wildman–Crippen LogP) is 4.19. The second-order valence-electron chi connectivity index (χ2n) is 4.51. The van der Waals surface area contributed by atoms with E-state index in [-0.39, 0.29) is 11.7 Å². The Morgan fingerprint density at radius 1 is 1.10 bits per heavy atom. The molecule has 0 saturated heterocycles. The molecule has 1 N–H and O–H groups in total. The molecule has 0 atom stereocenters. The van der Waals surface area contributed by atoms with Gasteiger partial charge in [0.05, 0.1) is 0 Å². The summed E-state index contributed by atoms with van der Waals surface area (Å²) in [5, 5.41) is 3.30. The highest BCUT2D eigenvalue weighted by Gasteiger charge is 2.03. The van der Waals surface area contributed by atoms with Crippen LogP contribution < -0.4 is 5.32 Å². The summed E-state index contributed by atoms with van der Waals surface area (Å²) in [4.78, 5) is 23.1. The number of hydrogen-bond acceptors (Lipinski definition) is 2. The van der Waals surface area contributed by atoms with Crippen LogP contribution in [0.2, 0.25) is 5.02 Å². The van der Waals surface area contributed by atoms with E-state index in [0.717, 1.165) is 5.56 Å². The fourth-order valence-electron chi connectivity index (χ4n) is 1.80. The number of ketones is 1. The molecule has 0 aromatic heterocycles. The molecular weight excluding hydrogens is 286 g/mol. The van der Waals surface area contributed by atoms with Crippen LogP contribution in [0.3, 0.4) is 0 Å². The standard InChI is InChI=1S/C17H14ClNO2/c1-12(20)19-16-4-2-3-14(11-16)17(21)10-7-13-5-8-15(18)9-6-13/h2-11H,1H3,(H,19,20)/b10-7+. The molecule has 0 aliphatic heterocycles. The third-order valence-electron chi connectivity index (χ3n) is 2.76. The van der Waals surface area contributed by atoms with Gasteiger partial charge in [0.25, 0.3) is 0 Å². The Labute approximate surface area is 128 Å². The van der Waals surface area contributed by atoms with E-state index in [4.69, 9.17) is 11.6 Å². The summed E-state index contributed by atoms with van der Waals surface area (Å²) in [6.07, 6.45) is 3.22. The van der Waals surface area contributed by atoms with Crippen LogP contribution in [0.1, 0.15) is 22.8 Å². The van der Waals surface area contributed by atoms with Crippen molar-refractivity contribution in [2.45, 2.75) is 6.92 Å². The summed E-state index contributed by atoms with van der Waals surface area (Å²) in [7, 11) is 0. The lowest BCUT2D eigenvalue weighted by molar-refractivity contribution is -0.114. The molecule has 0 aliphatic rings. The zero-order valence-electron chi connectivity index (χ0n) is 11.5. The average molecular weight is 300 g/mol. The van der Waals surface area contributed by atoms with Crippen LogP contribution in [0, 0.1) is 0 Å². The van der Waals surface area contributed by atoms with Crippen LogP contribution in [-0.2, 0) is 4.79 Å². The molecule has 2 aromatic carbocycles. The molecule has 0 radical (unpaired) electrons. The van der Waals surface area contributed by atoms with Gasteiger partial charge in [-0.1, -0.05) is 41.9 Å². The zero-order valence-corrected chi connectivity index (χ0v) is 12.2. The third-order valence-corrected chi connectivity index (χ3v) is 3.02.